The summed E-state index contributed by atoms with van der Waals surface area (Å²) in [7, 11) is 0. The molecule has 0 aliphatic heterocycles. The van der Waals surface area contributed by atoms with E-state index in [1.165, 1.54) is 20.3 Å². The summed E-state index contributed by atoms with van der Waals surface area (Å²) in [6, 6.07) is 10.5. The lowest BCUT2D eigenvalue weighted by atomic mass is 10.2. The van der Waals surface area contributed by atoms with E-state index in [4.69, 9.17) is 4.98 Å². The van der Waals surface area contributed by atoms with Gasteiger partial charge in [0.25, 0.3) is 0 Å². The van der Waals surface area contributed by atoms with Crippen molar-refractivity contribution >= 4 is 43.0 Å². The van der Waals surface area contributed by atoms with E-state index in [0.717, 1.165) is 10.5 Å². The number of hydrogen-bond acceptors (Lipinski definition) is 4. The molecular weight excluding hydrogens is 260 g/mol. The molecule has 0 spiro atoms. The Labute approximate surface area is 112 Å². The van der Waals surface area contributed by atoms with Gasteiger partial charge in [0.2, 0.25) is 0 Å². The number of thiophene rings is 2. The summed E-state index contributed by atoms with van der Waals surface area (Å²) >= 11 is 3.45. The second-order valence-electron chi connectivity index (χ2n) is 4.04. The van der Waals surface area contributed by atoms with Crippen molar-refractivity contribution in [2.24, 2.45) is 0 Å². The fourth-order valence-electron chi connectivity index (χ4n) is 1.99. The Bertz CT molecular complexity index is 812. The maximum atomic E-state index is 4.71. The lowest BCUT2D eigenvalue weighted by Crippen LogP contribution is -1.78. The van der Waals surface area contributed by atoms with Crippen LogP contribution in [-0.2, 0) is 0 Å². The summed E-state index contributed by atoms with van der Waals surface area (Å²) in [5.74, 6) is 0. The predicted molar refractivity (Wildman–Crippen MR) is 78.2 cm³/mol. The predicted octanol–water partition coefficient (Wildman–Crippen LogP) is 4.57. The van der Waals surface area contributed by atoms with E-state index in [2.05, 4.69) is 34.6 Å². The zero-order valence-corrected chi connectivity index (χ0v) is 11.0. The van der Waals surface area contributed by atoms with Crippen molar-refractivity contribution in [3.05, 3.63) is 48.1 Å². The molecule has 4 aromatic rings. The summed E-state index contributed by atoms with van der Waals surface area (Å²) in [6.07, 6.45) is 3.73. The number of pyridine rings is 2. The lowest BCUT2D eigenvalue weighted by Gasteiger charge is -1.95. The highest BCUT2D eigenvalue weighted by atomic mass is 32.1. The van der Waals surface area contributed by atoms with Gasteiger partial charge in [0.15, 0.2) is 0 Å². The van der Waals surface area contributed by atoms with Crippen LogP contribution >= 0.6 is 22.7 Å². The fraction of sp³-hybridized carbons (Fsp3) is 0. The first-order valence-electron chi connectivity index (χ1n) is 5.58. The minimum Gasteiger partial charge on any atom is -0.264 e. The second kappa shape index (κ2) is 3.86. The largest absolute Gasteiger partial charge is 0.264 e. The van der Waals surface area contributed by atoms with Gasteiger partial charge >= 0.3 is 0 Å². The molecule has 0 aliphatic rings. The van der Waals surface area contributed by atoms with Crippen molar-refractivity contribution in [3.63, 3.8) is 0 Å². The van der Waals surface area contributed by atoms with Gasteiger partial charge in [0.05, 0.1) is 10.6 Å². The molecule has 2 nitrogen and oxygen atoms in total. The van der Waals surface area contributed by atoms with Crippen molar-refractivity contribution in [3.8, 4) is 10.6 Å². The van der Waals surface area contributed by atoms with E-state index < -0.39 is 0 Å². The van der Waals surface area contributed by atoms with E-state index >= 15 is 0 Å². The molecule has 0 N–H and O–H groups in total. The summed E-state index contributed by atoms with van der Waals surface area (Å²) < 4.78 is 1.26. The van der Waals surface area contributed by atoms with Crippen LogP contribution in [0.15, 0.2) is 48.1 Å². The van der Waals surface area contributed by atoms with Gasteiger partial charge in [-0.2, -0.15) is 0 Å². The molecule has 0 bridgehead atoms. The van der Waals surface area contributed by atoms with Crippen LogP contribution in [0.4, 0.5) is 0 Å². The first-order chi connectivity index (χ1) is 8.90. The van der Waals surface area contributed by atoms with E-state index in [0.29, 0.717) is 0 Å². The number of hydrogen-bond donors (Lipinski definition) is 0. The van der Waals surface area contributed by atoms with Crippen LogP contribution in [0.25, 0.3) is 30.9 Å². The molecule has 0 amide bonds. The van der Waals surface area contributed by atoms with E-state index in [1.54, 1.807) is 22.7 Å². The van der Waals surface area contributed by atoms with Crippen molar-refractivity contribution in [1.29, 1.82) is 0 Å². The highest BCUT2D eigenvalue weighted by Crippen LogP contribution is 2.33. The topological polar surface area (TPSA) is 25.8 Å². The number of nitrogens with zero attached hydrogens (tertiary/aromatic N) is 2. The minimum absolute atomic E-state index is 1.05. The highest BCUT2D eigenvalue weighted by molar-refractivity contribution is 7.22. The van der Waals surface area contributed by atoms with Crippen molar-refractivity contribution < 1.29 is 0 Å². The third kappa shape index (κ3) is 1.54. The van der Waals surface area contributed by atoms with Crippen molar-refractivity contribution in [2.75, 3.05) is 0 Å². The molecule has 4 heterocycles. The van der Waals surface area contributed by atoms with Crippen LogP contribution in [0, 0.1) is 0 Å². The second-order valence-corrected chi connectivity index (χ2v) is 6.01. The van der Waals surface area contributed by atoms with Gasteiger partial charge in [0.1, 0.15) is 4.83 Å². The standard InChI is InChI=1S/C14H8N2S2/c1-2-11(16-14-9(1)4-6-17-14)13-7-10-8-15-5-3-12(10)18-13/h1-8H. The molecule has 0 aromatic carbocycles. The summed E-state index contributed by atoms with van der Waals surface area (Å²) in [5.41, 5.74) is 1.05. The smallest absolute Gasteiger partial charge is 0.123 e. The summed E-state index contributed by atoms with van der Waals surface area (Å²) in [5, 5.41) is 4.48. The van der Waals surface area contributed by atoms with Gasteiger partial charge in [-0.25, -0.2) is 4.98 Å². The van der Waals surface area contributed by atoms with Crippen molar-refractivity contribution in [2.45, 2.75) is 0 Å². The van der Waals surface area contributed by atoms with E-state index in [-0.39, 0.29) is 0 Å². The van der Waals surface area contributed by atoms with Crippen LogP contribution in [-0.4, -0.2) is 9.97 Å². The third-order valence-corrected chi connectivity index (χ3v) is 4.85. The Kier molecular flexibility index (Phi) is 2.18. The Morgan fingerprint density at radius 1 is 1.00 bits per heavy atom. The summed E-state index contributed by atoms with van der Waals surface area (Å²) in [6.45, 7) is 0. The number of fused-ring (bicyclic) bond motifs is 2. The van der Waals surface area contributed by atoms with Crippen LogP contribution in [0.2, 0.25) is 0 Å². The fourth-order valence-corrected chi connectivity index (χ4v) is 3.76. The first-order valence-corrected chi connectivity index (χ1v) is 7.28. The summed E-state index contributed by atoms with van der Waals surface area (Å²) in [4.78, 5) is 11.2. The van der Waals surface area contributed by atoms with Crippen LogP contribution < -0.4 is 0 Å². The maximum Gasteiger partial charge on any atom is 0.123 e. The Morgan fingerprint density at radius 2 is 2.00 bits per heavy atom. The molecule has 0 aliphatic carbocycles. The van der Waals surface area contributed by atoms with Gasteiger partial charge in [-0.1, -0.05) is 0 Å². The quantitative estimate of drug-likeness (QED) is 0.505. The molecule has 4 aromatic heterocycles. The normalized spacial score (nSPS) is 11.3. The molecule has 4 rings (SSSR count). The number of rotatable bonds is 1. The van der Waals surface area contributed by atoms with Gasteiger partial charge in [-0.15, -0.1) is 22.7 Å². The van der Waals surface area contributed by atoms with E-state index in [9.17, 15) is 0 Å². The zero-order valence-electron chi connectivity index (χ0n) is 9.33. The Balaban J connectivity index is 1.94. The molecule has 0 saturated carbocycles. The molecular formula is C14H8N2S2. The van der Waals surface area contributed by atoms with Crippen LogP contribution in [0.1, 0.15) is 0 Å². The number of aromatic nitrogens is 2. The maximum absolute atomic E-state index is 4.71. The third-order valence-electron chi connectivity index (χ3n) is 2.89. The first kappa shape index (κ1) is 10.2. The van der Waals surface area contributed by atoms with Crippen LogP contribution in [0.3, 0.4) is 0 Å². The SMILES string of the molecule is c1cc2sc(-c3ccc4ccsc4n3)cc2cn1. The van der Waals surface area contributed by atoms with Gasteiger partial charge in [-0.05, 0) is 35.7 Å². The van der Waals surface area contributed by atoms with Gasteiger partial charge < -0.3 is 0 Å². The average molecular weight is 268 g/mol. The minimum atomic E-state index is 1.05. The molecule has 18 heavy (non-hydrogen) atoms. The average Bonchev–Trinajstić information content (AvgIpc) is 3.04. The molecule has 0 radical (unpaired) electrons. The monoisotopic (exact) mass is 268 g/mol. The molecule has 0 unspecified atom stereocenters. The Morgan fingerprint density at radius 3 is 2.94 bits per heavy atom. The molecule has 86 valence electrons. The zero-order chi connectivity index (χ0) is 11.9. The molecule has 0 atom stereocenters. The highest BCUT2D eigenvalue weighted by Gasteiger charge is 2.06. The van der Waals surface area contributed by atoms with Crippen LogP contribution in [0.5, 0.6) is 0 Å². The molecule has 0 fully saturated rings. The molecule has 4 heteroatoms. The van der Waals surface area contributed by atoms with Crippen molar-refractivity contribution in [1.82, 2.24) is 9.97 Å². The van der Waals surface area contributed by atoms with E-state index in [1.807, 2.05) is 18.5 Å². The Hall–Kier alpha value is -1.78. The lowest BCUT2D eigenvalue weighted by molar-refractivity contribution is 1.37. The van der Waals surface area contributed by atoms with Gasteiger partial charge in [0, 0.05) is 27.9 Å². The van der Waals surface area contributed by atoms with Gasteiger partial charge in [-0.3, -0.25) is 4.98 Å². The molecule has 0 saturated heterocycles.